The molecule has 11 heteroatoms. The van der Waals surface area contributed by atoms with E-state index in [1.54, 1.807) is 0 Å². The van der Waals surface area contributed by atoms with Crippen molar-refractivity contribution in [1.82, 2.24) is 0 Å². The van der Waals surface area contributed by atoms with Gasteiger partial charge in [0.2, 0.25) is 0 Å². The maximum absolute atomic E-state index is 12.6. The first-order valence-corrected chi connectivity index (χ1v) is 11.3. The van der Waals surface area contributed by atoms with Gasteiger partial charge in [0.25, 0.3) is 0 Å². The Morgan fingerprint density at radius 2 is 1.97 bits per heavy atom. The molecule has 0 aliphatic heterocycles. The highest BCUT2D eigenvalue weighted by Crippen LogP contribution is 2.44. The van der Waals surface area contributed by atoms with Crippen molar-refractivity contribution >= 4 is 40.7 Å². The number of carbonyl (C=O) groups is 2. The molecule has 0 atom stereocenters. The second kappa shape index (κ2) is 9.42. The number of carbonyl (C=O) groups excluding carboxylic acids is 2. The highest BCUT2D eigenvalue weighted by molar-refractivity contribution is 8.01. The number of alkyl halides is 3. The van der Waals surface area contributed by atoms with E-state index in [0.29, 0.717) is 29.0 Å². The van der Waals surface area contributed by atoms with Gasteiger partial charge in [0, 0.05) is 23.4 Å². The van der Waals surface area contributed by atoms with Gasteiger partial charge in [0.15, 0.2) is 5.78 Å². The minimum absolute atomic E-state index is 0.0214. The van der Waals surface area contributed by atoms with Crippen molar-refractivity contribution in [3.05, 3.63) is 40.3 Å². The number of amides is 1. The molecule has 1 heterocycles. The number of halogens is 3. The number of ketones is 1. The van der Waals surface area contributed by atoms with Crippen LogP contribution in [-0.4, -0.2) is 30.6 Å². The quantitative estimate of drug-likeness (QED) is 0.399. The molecule has 1 aliphatic rings. The van der Waals surface area contributed by atoms with E-state index in [1.807, 2.05) is 13.8 Å². The number of benzene rings is 1. The monoisotopic (exact) mass is 484 g/mol. The summed E-state index contributed by atoms with van der Waals surface area (Å²) in [5.41, 5.74) is 1.48. The Bertz CT molecular complexity index is 1060. The molecule has 1 amide bonds. The number of nitriles is 1. The molecule has 0 saturated heterocycles. The van der Waals surface area contributed by atoms with E-state index < -0.39 is 18.2 Å². The first-order chi connectivity index (χ1) is 15.0. The third-order valence-corrected chi connectivity index (χ3v) is 6.91. The van der Waals surface area contributed by atoms with Crippen LogP contribution in [0.25, 0.3) is 0 Å². The van der Waals surface area contributed by atoms with E-state index in [4.69, 9.17) is 4.74 Å². The average molecular weight is 485 g/mol. The standard InChI is InChI=1S/C21H19F3N2O4S2/c1-20(2)9-14-16(11-25)32-18(17(14)15(27)10-20)31-8-7-29-19(28)26-12-3-5-13(6-4-12)30-21(22,23)24/h3-6H,7-10H2,1-2H3,(H,26,28). The Kier molecular flexibility index (Phi) is 7.05. The molecule has 6 nitrogen and oxygen atoms in total. The highest BCUT2D eigenvalue weighted by Gasteiger charge is 2.36. The Morgan fingerprint density at radius 1 is 1.28 bits per heavy atom. The van der Waals surface area contributed by atoms with Gasteiger partial charge in [0.05, 0.1) is 4.21 Å². The lowest BCUT2D eigenvalue weighted by Crippen LogP contribution is -2.26. The molecule has 1 aromatic carbocycles. The number of nitrogens with one attached hydrogen (secondary N) is 1. The zero-order valence-electron chi connectivity index (χ0n) is 17.2. The third kappa shape index (κ3) is 6.17. The molecule has 0 radical (unpaired) electrons. The molecule has 1 aliphatic carbocycles. The van der Waals surface area contributed by atoms with Crippen molar-refractivity contribution < 1.29 is 32.2 Å². The fraction of sp³-hybridized carbons (Fsp3) is 0.381. The van der Waals surface area contributed by atoms with Gasteiger partial charge in [-0.25, -0.2) is 4.79 Å². The van der Waals surface area contributed by atoms with E-state index in [9.17, 15) is 28.0 Å². The molecule has 1 aromatic heterocycles. The molecular formula is C21H19F3N2O4S2. The van der Waals surface area contributed by atoms with Gasteiger partial charge >= 0.3 is 12.5 Å². The van der Waals surface area contributed by atoms with Gasteiger partial charge in [-0.2, -0.15) is 5.26 Å². The van der Waals surface area contributed by atoms with Crippen LogP contribution >= 0.6 is 23.1 Å². The van der Waals surface area contributed by atoms with Crippen LogP contribution in [0.5, 0.6) is 5.75 Å². The molecule has 0 saturated carbocycles. The number of ether oxygens (including phenoxy) is 2. The van der Waals surface area contributed by atoms with Gasteiger partial charge in [-0.1, -0.05) is 13.8 Å². The normalized spacial score (nSPS) is 14.9. The van der Waals surface area contributed by atoms with E-state index in [-0.39, 0.29) is 23.5 Å². The predicted molar refractivity (Wildman–Crippen MR) is 114 cm³/mol. The predicted octanol–water partition coefficient (Wildman–Crippen LogP) is 6.01. The molecule has 0 unspecified atom stereocenters. The average Bonchev–Trinajstić information content (AvgIpc) is 3.02. The van der Waals surface area contributed by atoms with Crippen LogP contribution < -0.4 is 10.1 Å². The number of anilines is 1. The second-order valence-electron chi connectivity index (χ2n) is 7.81. The van der Waals surface area contributed by atoms with Crippen LogP contribution in [0.15, 0.2) is 28.5 Å². The fourth-order valence-corrected chi connectivity index (χ4v) is 5.65. The van der Waals surface area contributed by atoms with Crippen molar-refractivity contribution in [2.24, 2.45) is 5.41 Å². The van der Waals surface area contributed by atoms with E-state index in [1.165, 1.54) is 35.2 Å². The smallest absolute Gasteiger partial charge is 0.448 e. The number of rotatable bonds is 6. The van der Waals surface area contributed by atoms with Crippen LogP contribution in [0.1, 0.15) is 41.1 Å². The second-order valence-corrected chi connectivity index (χ2v) is 10.2. The molecule has 2 aromatic rings. The maximum atomic E-state index is 12.6. The Balaban J connectivity index is 1.51. The molecule has 0 bridgehead atoms. The minimum atomic E-state index is -4.79. The summed E-state index contributed by atoms with van der Waals surface area (Å²) in [6.45, 7) is 4.05. The highest BCUT2D eigenvalue weighted by atomic mass is 32.2. The van der Waals surface area contributed by atoms with Gasteiger partial charge in [0.1, 0.15) is 23.3 Å². The maximum Gasteiger partial charge on any atom is 0.573 e. The summed E-state index contributed by atoms with van der Waals surface area (Å²) in [4.78, 5) is 25.1. The van der Waals surface area contributed by atoms with Gasteiger partial charge in [-0.05, 0) is 41.7 Å². The molecule has 0 spiro atoms. The summed E-state index contributed by atoms with van der Waals surface area (Å²) in [7, 11) is 0. The zero-order valence-corrected chi connectivity index (χ0v) is 18.8. The fourth-order valence-electron chi connectivity index (χ4n) is 3.31. The topological polar surface area (TPSA) is 88.4 Å². The SMILES string of the molecule is CC1(C)CC(=O)c2c(SCCOC(=O)Nc3ccc(OC(F)(F)F)cc3)sc(C#N)c2C1. The Labute approximate surface area is 190 Å². The number of thioether (sulfide) groups is 1. The van der Waals surface area contributed by atoms with E-state index >= 15 is 0 Å². The lowest BCUT2D eigenvalue weighted by atomic mass is 9.74. The number of hydrogen-bond donors (Lipinski definition) is 1. The number of fused-ring (bicyclic) bond motifs is 1. The largest absolute Gasteiger partial charge is 0.573 e. The molecule has 32 heavy (non-hydrogen) atoms. The van der Waals surface area contributed by atoms with E-state index in [2.05, 4.69) is 16.1 Å². The van der Waals surface area contributed by atoms with Crippen LogP contribution in [0, 0.1) is 16.7 Å². The lowest BCUT2D eigenvalue weighted by molar-refractivity contribution is -0.274. The van der Waals surface area contributed by atoms with Crippen LogP contribution in [0.2, 0.25) is 0 Å². The Morgan fingerprint density at radius 3 is 2.59 bits per heavy atom. The molecule has 3 rings (SSSR count). The molecule has 0 fully saturated rings. The summed E-state index contributed by atoms with van der Waals surface area (Å²) >= 11 is 2.63. The summed E-state index contributed by atoms with van der Waals surface area (Å²) in [6.07, 6.45) is -4.47. The third-order valence-electron chi connectivity index (χ3n) is 4.53. The Hall–Kier alpha value is -2.71. The first-order valence-electron chi connectivity index (χ1n) is 9.49. The van der Waals surface area contributed by atoms with Crippen LogP contribution in [0.4, 0.5) is 23.7 Å². The number of thiophene rings is 1. The van der Waals surface area contributed by atoms with Crippen molar-refractivity contribution in [3.8, 4) is 11.8 Å². The number of hydrogen-bond acceptors (Lipinski definition) is 7. The lowest BCUT2D eigenvalue weighted by Gasteiger charge is -2.29. The number of Topliss-reactive ketones (excluding diaryl/α,β-unsaturated/α-hetero) is 1. The number of nitrogens with zero attached hydrogens (tertiary/aromatic N) is 1. The van der Waals surface area contributed by atoms with Gasteiger partial charge in [-0.15, -0.1) is 36.3 Å². The molecule has 1 N–H and O–H groups in total. The van der Waals surface area contributed by atoms with Crippen LogP contribution in [0.3, 0.4) is 0 Å². The zero-order chi connectivity index (χ0) is 23.5. The summed E-state index contributed by atoms with van der Waals surface area (Å²) < 4.78 is 46.1. The van der Waals surface area contributed by atoms with E-state index in [0.717, 1.165) is 21.9 Å². The van der Waals surface area contributed by atoms with Crippen molar-refractivity contribution in [2.75, 3.05) is 17.7 Å². The van der Waals surface area contributed by atoms with Crippen molar-refractivity contribution in [2.45, 2.75) is 37.3 Å². The molecular weight excluding hydrogens is 465 g/mol. The van der Waals surface area contributed by atoms with Crippen LogP contribution in [-0.2, 0) is 11.2 Å². The molecule has 170 valence electrons. The van der Waals surface area contributed by atoms with Crippen molar-refractivity contribution in [3.63, 3.8) is 0 Å². The summed E-state index contributed by atoms with van der Waals surface area (Å²) in [5.74, 6) is -0.00447. The minimum Gasteiger partial charge on any atom is -0.448 e. The summed E-state index contributed by atoms with van der Waals surface area (Å²) in [6, 6.07) is 6.83. The summed E-state index contributed by atoms with van der Waals surface area (Å²) in [5, 5.41) is 11.8. The first kappa shape index (κ1) is 23.9. The van der Waals surface area contributed by atoms with Gasteiger partial charge in [-0.3, -0.25) is 10.1 Å². The van der Waals surface area contributed by atoms with Crippen molar-refractivity contribution in [1.29, 1.82) is 5.26 Å². The van der Waals surface area contributed by atoms with Gasteiger partial charge < -0.3 is 9.47 Å².